The summed E-state index contributed by atoms with van der Waals surface area (Å²) in [7, 11) is 0. The largest absolute Gasteiger partial charge is 0.457 e. The Balaban J connectivity index is 2.32. The standard InChI is InChI=1S/C14H12FNO4/c1-9-6-12(3-4-13(9)15)20-14-5-2-11(16(18)19)7-10(14)8-17/h2-7,17H,8H2,1H3. The van der Waals surface area contributed by atoms with Crippen molar-refractivity contribution in [2.75, 3.05) is 0 Å². The second-order valence-electron chi connectivity index (χ2n) is 4.22. The molecule has 0 radical (unpaired) electrons. The van der Waals surface area contributed by atoms with Crippen molar-refractivity contribution in [3.05, 3.63) is 63.5 Å². The molecule has 0 saturated carbocycles. The van der Waals surface area contributed by atoms with Gasteiger partial charge in [-0.2, -0.15) is 0 Å². The highest BCUT2D eigenvalue weighted by Crippen LogP contribution is 2.29. The first kappa shape index (κ1) is 14.0. The molecule has 0 amide bonds. The van der Waals surface area contributed by atoms with Crippen LogP contribution in [0.1, 0.15) is 11.1 Å². The number of benzene rings is 2. The number of aliphatic hydroxyl groups excluding tert-OH is 1. The lowest BCUT2D eigenvalue weighted by Crippen LogP contribution is -1.95. The normalized spacial score (nSPS) is 10.3. The fourth-order valence-corrected chi connectivity index (χ4v) is 1.71. The molecule has 0 bridgehead atoms. The third-order valence-corrected chi connectivity index (χ3v) is 2.78. The van der Waals surface area contributed by atoms with Gasteiger partial charge >= 0.3 is 0 Å². The van der Waals surface area contributed by atoms with Gasteiger partial charge in [0.2, 0.25) is 0 Å². The van der Waals surface area contributed by atoms with E-state index in [1.165, 1.54) is 36.4 Å². The lowest BCUT2D eigenvalue weighted by Gasteiger charge is -2.10. The van der Waals surface area contributed by atoms with Crippen LogP contribution in [0.4, 0.5) is 10.1 Å². The molecule has 20 heavy (non-hydrogen) atoms. The Hall–Kier alpha value is -2.47. The van der Waals surface area contributed by atoms with Crippen LogP contribution in [-0.4, -0.2) is 10.0 Å². The van der Waals surface area contributed by atoms with Crippen molar-refractivity contribution in [3.8, 4) is 11.5 Å². The van der Waals surface area contributed by atoms with Gasteiger partial charge in [0.15, 0.2) is 0 Å². The first-order valence-corrected chi connectivity index (χ1v) is 5.83. The number of halogens is 1. The average Bonchev–Trinajstić information content (AvgIpc) is 2.43. The van der Waals surface area contributed by atoms with E-state index in [9.17, 15) is 19.6 Å². The molecular formula is C14H12FNO4. The van der Waals surface area contributed by atoms with Gasteiger partial charge in [-0.25, -0.2) is 4.39 Å². The third kappa shape index (κ3) is 2.92. The highest BCUT2D eigenvalue weighted by atomic mass is 19.1. The van der Waals surface area contributed by atoms with E-state index in [0.717, 1.165) is 0 Å². The third-order valence-electron chi connectivity index (χ3n) is 2.78. The zero-order chi connectivity index (χ0) is 14.7. The number of nitro groups is 1. The van der Waals surface area contributed by atoms with Gasteiger partial charge in [0, 0.05) is 17.7 Å². The number of aliphatic hydroxyl groups is 1. The molecule has 0 unspecified atom stereocenters. The molecule has 2 aromatic rings. The lowest BCUT2D eigenvalue weighted by atomic mass is 10.2. The lowest BCUT2D eigenvalue weighted by molar-refractivity contribution is -0.385. The number of hydrogen-bond acceptors (Lipinski definition) is 4. The second-order valence-corrected chi connectivity index (χ2v) is 4.22. The molecule has 104 valence electrons. The van der Waals surface area contributed by atoms with Crippen molar-refractivity contribution in [3.63, 3.8) is 0 Å². The van der Waals surface area contributed by atoms with Crippen molar-refractivity contribution in [2.24, 2.45) is 0 Å². The van der Waals surface area contributed by atoms with Crippen LogP contribution in [0, 0.1) is 22.9 Å². The Bertz CT molecular complexity index is 658. The zero-order valence-electron chi connectivity index (χ0n) is 10.7. The second kappa shape index (κ2) is 5.66. The predicted molar refractivity (Wildman–Crippen MR) is 70.2 cm³/mol. The molecule has 6 heteroatoms. The molecule has 0 spiro atoms. The average molecular weight is 277 g/mol. The van der Waals surface area contributed by atoms with E-state index in [4.69, 9.17) is 4.74 Å². The van der Waals surface area contributed by atoms with Crippen molar-refractivity contribution in [1.29, 1.82) is 0 Å². The van der Waals surface area contributed by atoms with Gasteiger partial charge in [0.1, 0.15) is 17.3 Å². The summed E-state index contributed by atoms with van der Waals surface area (Å²) in [6.45, 7) is 1.21. The van der Waals surface area contributed by atoms with E-state index in [0.29, 0.717) is 22.6 Å². The molecule has 2 rings (SSSR count). The van der Waals surface area contributed by atoms with Crippen LogP contribution in [0.25, 0.3) is 0 Å². The van der Waals surface area contributed by atoms with E-state index in [-0.39, 0.29) is 11.5 Å². The van der Waals surface area contributed by atoms with Gasteiger partial charge in [0.25, 0.3) is 5.69 Å². The van der Waals surface area contributed by atoms with Crippen molar-refractivity contribution >= 4 is 5.69 Å². The van der Waals surface area contributed by atoms with E-state index < -0.39 is 11.5 Å². The number of non-ortho nitro benzene ring substituents is 1. The van der Waals surface area contributed by atoms with Crippen LogP contribution < -0.4 is 4.74 Å². The highest BCUT2D eigenvalue weighted by molar-refractivity contribution is 5.45. The van der Waals surface area contributed by atoms with Gasteiger partial charge < -0.3 is 9.84 Å². The molecule has 5 nitrogen and oxygen atoms in total. The summed E-state index contributed by atoms with van der Waals surface area (Å²) < 4.78 is 18.7. The predicted octanol–water partition coefficient (Wildman–Crippen LogP) is 3.33. The summed E-state index contributed by atoms with van der Waals surface area (Å²) >= 11 is 0. The molecule has 0 aliphatic heterocycles. The maximum Gasteiger partial charge on any atom is 0.270 e. The van der Waals surface area contributed by atoms with Gasteiger partial charge in [-0.15, -0.1) is 0 Å². The van der Waals surface area contributed by atoms with E-state index >= 15 is 0 Å². The number of nitro benzene ring substituents is 1. The summed E-state index contributed by atoms with van der Waals surface area (Å²) in [5.74, 6) is 0.347. The van der Waals surface area contributed by atoms with Crippen LogP contribution in [0.5, 0.6) is 11.5 Å². The molecule has 0 aromatic heterocycles. The molecule has 0 saturated heterocycles. The quantitative estimate of drug-likeness (QED) is 0.687. The smallest absolute Gasteiger partial charge is 0.270 e. The Morgan fingerprint density at radius 2 is 2.05 bits per heavy atom. The molecule has 0 heterocycles. The number of ether oxygens (including phenoxy) is 1. The van der Waals surface area contributed by atoms with Crippen molar-refractivity contribution in [1.82, 2.24) is 0 Å². The van der Waals surface area contributed by atoms with Crippen LogP contribution in [0.3, 0.4) is 0 Å². The van der Waals surface area contributed by atoms with E-state index in [1.54, 1.807) is 6.92 Å². The molecule has 1 N–H and O–H groups in total. The highest BCUT2D eigenvalue weighted by Gasteiger charge is 2.12. The van der Waals surface area contributed by atoms with Crippen LogP contribution >= 0.6 is 0 Å². The Kier molecular flexibility index (Phi) is 3.95. The Morgan fingerprint density at radius 1 is 1.30 bits per heavy atom. The summed E-state index contributed by atoms with van der Waals surface area (Å²) in [6, 6.07) is 8.16. The fraction of sp³-hybridized carbons (Fsp3) is 0.143. The summed E-state index contributed by atoms with van der Waals surface area (Å²) in [4.78, 5) is 10.1. The number of rotatable bonds is 4. The molecule has 2 aromatic carbocycles. The Morgan fingerprint density at radius 3 is 2.65 bits per heavy atom. The Labute approximate surface area is 114 Å². The summed E-state index contributed by atoms with van der Waals surface area (Å²) in [6.07, 6.45) is 0. The molecule has 0 aliphatic rings. The van der Waals surface area contributed by atoms with Crippen molar-refractivity contribution < 1.29 is 19.2 Å². The minimum atomic E-state index is -0.551. The molecular weight excluding hydrogens is 265 g/mol. The van der Waals surface area contributed by atoms with Crippen LogP contribution in [-0.2, 0) is 6.61 Å². The molecule has 0 atom stereocenters. The maximum atomic E-state index is 13.2. The summed E-state index contributed by atoms with van der Waals surface area (Å²) in [5, 5.41) is 19.9. The van der Waals surface area contributed by atoms with Crippen LogP contribution in [0.15, 0.2) is 36.4 Å². The minimum absolute atomic E-state index is 0.128. The van der Waals surface area contributed by atoms with Gasteiger partial charge in [-0.1, -0.05) is 0 Å². The molecule has 0 aliphatic carbocycles. The van der Waals surface area contributed by atoms with E-state index in [1.807, 2.05) is 0 Å². The maximum absolute atomic E-state index is 13.2. The number of aryl methyl sites for hydroxylation is 1. The van der Waals surface area contributed by atoms with Crippen molar-refractivity contribution in [2.45, 2.75) is 13.5 Å². The van der Waals surface area contributed by atoms with Crippen LogP contribution in [0.2, 0.25) is 0 Å². The van der Waals surface area contributed by atoms with Gasteiger partial charge in [0.05, 0.1) is 11.5 Å². The monoisotopic (exact) mass is 277 g/mol. The van der Waals surface area contributed by atoms with E-state index in [2.05, 4.69) is 0 Å². The molecule has 0 fully saturated rings. The van der Waals surface area contributed by atoms with Gasteiger partial charge in [-0.05, 0) is 36.8 Å². The fourth-order valence-electron chi connectivity index (χ4n) is 1.71. The summed E-state index contributed by atoms with van der Waals surface area (Å²) in [5.41, 5.74) is 0.591. The first-order valence-electron chi connectivity index (χ1n) is 5.83. The van der Waals surface area contributed by atoms with Gasteiger partial charge in [-0.3, -0.25) is 10.1 Å². The SMILES string of the molecule is Cc1cc(Oc2ccc([N+](=O)[O-])cc2CO)ccc1F. The minimum Gasteiger partial charge on any atom is -0.457 e. The zero-order valence-corrected chi connectivity index (χ0v) is 10.7. The first-order chi connectivity index (χ1) is 9.51. The number of hydrogen-bond donors (Lipinski definition) is 1. The number of nitrogens with zero attached hydrogens (tertiary/aromatic N) is 1. The topological polar surface area (TPSA) is 72.6 Å².